The van der Waals surface area contributed by atoms with Crippen molar-refractivity contribution in [3.8, 4) is 11.5 Å². The van der Waals surface area contributed by atoms with Crippen molar-refractivity contribution in [2.75, 3.05) is 33.5 Å². The van der Waals surface area contributed by atoms with Gasteiger partial charge < -0.3 is 19.5 Å². The first-order chi connectivity index (χ1) is 8.88. The van der Waals surface area contributed by atoms with Crippen LogP contribution in [0.15, 0.2) is 24.3 Å². The lowest BCUT2D eigenvalue weighted by Crippen LogP contribution is -2.37. The van der Waals surface area contributed by atoms with Crippen LogP contribution >= 0.6 is 0 Å². The van der Waals surface area contributed by atoms with Crippen molar-refractivity contribution in [2.45, 2.75) is 18.9 Å². The predicted octanol–water partition coefficient (Wildman–Crippen LogP) is 1.84. The second-order valence-electron chi connectivity index (χ2n) is 4.37. The maximum absolute atomic E-state index is 5.67. The highest BCUT2D eigenvalue weighted by Crippen LogP contribution is 2.18. The fourth-order valence-corrected chi connectivity index (χ4v) is 2.02. The number of methoxy groups -OCH3 is 1. The molecule has 2 rings (SSSR count). The standard InChI is InChI=1S/C14H21NO3/c1-16-13-3-2-4-14(11-13)18-10-7-15-12-5-8-17-9-6-12/h2-4,11-12,15H,5-10H2,1H3. The summed E-state index contributed by atoms with van der Waals surface area (Å²) in [6, 6.07) is 8.26. The highest BCUT2D eigenvalue weighted by molar-refractivity contribution is 5.32. The Labute approximate surface area is 108 Å². The van der Waals surface area contributed by atoms with E-state index in [1.807, 2.05) is 24.3 Å². The monoisotopic (exact) mass is 251 g/mol. The van der Waals surface area contributed by atoms with Gasteiger partial charge in [-0.25, -0.2) is 0 Å². The molecule has 0 bridgehead atoms. The van der Waals surface area contributed by atoms with E-state index in [0.717, 1.165) is 44.1 Å². The first kappa shape index (κ1) is 13.2. The molecule has 18 heavy (non-hydrogen) atoms. The van der Waals surface area contributed by atoms with Crippen molar-refractivity contribution in [3.05, 3.63) is 24.3 Å². The number of benzene rings is 1. The predicted molar refractivity (Wildman–Crippen MR) is 70.3 cm³/mol. The zero-order valence-electron chi connectivity index (χ0n) is 10.9. The molecule has 1 aliphatic rings. The van der Waals surface area contributed by atoms with Crippen LogP contribution in [0.5, 0.6) is 11.5 Å². The second kappa shape index (κ2) is 7.24. The molecule has 1 aromatic rings. The van der Waals surface area contributed by atoms with E-state index in [-0.39, 0.29) is 0 Å². The molecule has 0 aromatic heterocycles. The van der Waals surface area contributed by atoms with E-state index in [2.05, 4.69) is 5.32 Å². The summed E-state index contributed by atoms with van der Waals surface area (Å²) >= 11 is 0. The van der Waals surface area contributed by atoms with Crippen LogP contribution in [0.3, 0.4) is 0 Å². The normalized spacial score (nSPS) is 16.5. The van der Waals surface area contributed by atoms with Crippen molar-refractivity contribution in [2.24, 2.45) is 0 Å². The Hall–Kier alpha value is -1.26. The molecule has 1 heterocycles. The summed E-state index contributed by atoms with van der Waals surface area (Å²) in [5.74, 6) is 1.67. The van der Waals surface area contributed by atoms with E-state index in [9.17, 15) is 0 Å². The maximum atomic E-state index is 5.67. The first-order valence-electron chi connectivity index (χ1n) is 6.46. The van der Waals surface area contributed by atoms with Gasteiger partial charge in [-0.05, 0) is 25.0 Å². The van der Waals surface area contributed by atoms with E-state index < -0.39 is 0 Å². The number of rotatable bonds is 6. The van der Waals surface area contributed by atoms with Crippen LogP contribution in [0, 0.1) is 0 Å². The third-order valence-corrected chi connectivity index (χ3v) is 3.07. The minimum Gasteiger partial charge on any atom is -0.497 e. The molecular formula is C14H21NO3. The van der Waals surface area contributed by atoms with Crippen molar-refractivity contribution in [1.29, 1.82) is 0 Å². The van der Waals surface area contributed by atoms with Crippen molar-refractivity contribution in [1.82, 2.24) is 5.32 Å². The average molecular weight is 251 g/mol. The van der Waals surface area contributed by atoms with Gasteiger partial charge in [0.15, 0.2) is 0 Å². The van der Waals surface area contributed by atoms with Crippen molar-refractivity contribution < 1.29 is 14.2 Å². The molecule has 4 heteroatoms. The molecule has 1 N–H and O–H groups in total. The minimum atomic E-state index is 0.577. The summed E-state index contributed by atoms with van der Waals surface area (Å²) in [6.45, 7) is 3.27. The lowest BCUT2D eigenvalue weighted by Gasteiger charge is -2.23. The lowest BCUT2D eigenvalue weighted by molar-refractivity contribution is 0.0770. The van der Waals surface area contributed by atoms with E-state index in [1.54, 1.807) is 7.11 Å². The molecule has 0 radical (unpaired) electrons. The highest BCUT2D eigenvalue weighted by atomic mass is 16.5. The zero-order valence-corrected chi connectivity index (χ0v) is 10.9. The van der Waals surface area contributed by atoms with Crippen LogP contribution in [0.25, 0.3) is 0 Å². The molecule has 0 amide bonds. The lowest BCUT2D eigenvalue weighted by atomic mass is 10.1. The first-order valence-corrected chi connectivity index (χ1v) is 6.46. The quantitative estimate of drug-likeness (QED) is 0.783. The maximum Gasteiger partial charge on any atom is 0.123 e. The van der Waals surface area contributed by atoms with Crippen LogP contribution < -0.4 is 14.8 Å². The highest BCUT2D eigenvalue weighted by Gasteiger charge is 2.12. The topological polar surface area (TPSA) is 39.7 Å². The summed E-state index contributed by atoms with van der Waals surface area (Å²) in [5.41, 5.74) is 0. The Kier molecular flexibility index (Phi) is 5.30. The number of ether oxygens (including phenoxy) is 3. The molecule has 0 atom stereocenters. The van der Waals surface area contributed by atoms with Crippen LogP contribution in [-0.4, -0.2) is 39.5 Å². The Bertz CT molecular complexity index is 351. The molecule has 1 fully saturated rings. The number of hydrogen-bond donors (Lipinski definition) is 1. The minimum absolute atomic E-state index is 0.577. The van der Waals surface area contributed by atoms with Crippen LogP contribution in [0.4, 0.5) is 0 Å². The number of nitrogens with one attached hydrogen (secondary N) is 1. The second-order valence-corrected chi connectivity index (χ2v) is 4.37. The number of hydrogen-bond acceptors (Lipinski definition) is 4. The fourth-order valence-electron chi connectivity index (χ4n) is 2.02. The molecule has 0 spiro atoms. The zero-order chi connectivity index (χ0) is 12.6. The molecule has 100 valence electrons. The van der Waals surface area contributed by atoms with Crippen molar-refractivity contribution >= 4 is 0 Å². The van der Waals surface area contributed by atoms with E-state index in [1.165, 1.54) is 0 Å². The Morgan fingerprint density at radius 1 is 1.28 bits per heavy atom. The molecular weight excluding hydrogens is 230 g/mol. The van der Waals surface area contributed by atoms with Crippen LogP contribution in [0.2, 0.25) is 0 Å². The third kappa shape index (κ3) is 4.20. The van der Waals surface area contributed by atoms with Crippen molar-refractivity contribution in [3.63, 3.8) is 0 Å². The fraction of sp³-hybridized carbons (Fsp3) is 0.571. The molecule has 1 aliphatic heterocycles. The molecule has 4 nitrogen and oxygen atoms in total. The molecule has 0 unspecified atom stereocenters. The van der Waals surface area contributed by atoms with Gasteiger partial charge in [0.05, 0.1) is 7.11 Å². The average Bonchev–Trinajstić information content (AvgIpc) is 2.45. The van der Waals surface area contributed by atoms with Gasteiger partial charge in [0.1, 0.15) is 18.1 Å². The van der Waals surface area contributed by atoms with Gasteiger partial charge in [-0.2, -0.15) is 0 Å². The molecule has 0 saturated carbocycles. The van der Waals surface area contributed by atoms with Gasteiger partial charge in [0.25, 0.3) is 0 Å². The van der Waals surface area contributed by atoms with Gasteiger partial charge >= 0.3 is 0 Å². The van der Waals surface area contributed by atoms with Crippen LogP contribution in [0.1, 0.15) is 12.8 Å². The molecule has 0 aliphatic carbocycles. The summed E-state index contributed by atoms with van der Waals surface area (Å²) in [7, 11) is 1.66. The largest absolute Gasteiger partial charge is 0.497 e. The molecule has 1 aromatic carbocycles. The Balaban J connectivity index is 1.65. The summed E-state index contributed by atoms with van der Waals surface area (Å²) in [6.07, 6.45) is 2.19. The summed E-state index contributed by atoms with van der Waals surface area (Å²) in [5, 5.41) is 3.48. The van der Waals surface area contributed by atoms with Gasteiger partial charge in [0.2, 0.25) is 0 Å². The van der Waals surface area contributed by atoms with Gasteiger partial charge in [-0.1, -0.05) is 6.07 Å². The van der Waals surface area contributed by atoms with Gasteiger partial charge in [-0.15, -0.1) is 0 Å². The van der Waals surface area contributed by atoms with E-state index in [0.29, 0.717) is 12.6 Å². The SMILES string of the molecule is COc1cccc(OCCNC2CCOCC2)c1. The smallest absolute Gasteiger partial charge is 0.123 e. The molecule has 1 saturated heterocycles. The summed E-state index contributed by atoms with van der Waals surface area (Å²) in [4.78, 5) is 0. The van der Waals surface area contributed by atoms with E-state index in [4.69, 9.17) is 14.2 Å². The Morgan fingerprint density at radius 3 is 2.83 bits per heavy atom. The summed E-state index contributed by atoms with van der Waals surface area (Å²) < 4.78 is 16.1. The Morgan fingerprint density at radius 2 is 2.06 bits per heavy atom. The van der Waals surface area contributed by atoms with Gasteiger partial charge in [-0.3, -0.25) is 0 Å². The van der Waals surface area contributed by atoms with Gasteiger partial charge in [0, 0.05) is 31.9 Å². The third-order valence-electron chi connectivity index (χ3n) is 3.07. The van der Waals surface area contributed by atoms with Crippen LogP contribution in [-0.2, 0) is 4.74 Å². The van der Waals surface area contributed by atoms with E-state index >= 15 is 0 Å².